The molecule has 1 aliphatic rings. The second-order valence-electron chi connectivity index (χ2n) is 3.33. The summed E-state index contributed by atoms with van der Waals surface area (Å²) in [5.74, 6) is -0.384. The van der Waals surface area contributed by atoms with Gasteiger partial charge in [-0.25, -0.2) is 0 Å². The van der Waals surface area contributed by atoms with Gasteiger partial charge in [0, 0.05) is 6.42 Å². The van der Waals surface area contributed by atoms with Crippen LogP contribution in [0.1, 0.15) is 12.8 Å². The first-order chi connectivity index (χ1) is 7.24. The topological polar surface area (TPSA) is 73.6 Å². The Kier molecular flexibility index (Phi) is 2.86. The van der Waals surface area contributed by atoms with Crippen molar-refractivity contribution in [3.8, 4) is 5.75 Å². The van der Waals surface area contributed by atoms with Crippen LogP contribution in [0.15, 0.2) is 12.4 Å². The summed E-state index contributed by atoms with van der Waals surface area (Å²) in [6.07, 6.45) is 4.69. The average molecular weight is 212 g/mol. The van der Waals surface area contributed by atoms with Crippen molar-refractivity contribution < 1.29 is 19.4 Å². The number of ether oxygens (including phenoxy) is 2. The summed E-state index contributed by atoms with van der Waals surface area (Å²) < 4.78 is 12.0. The number of hydrogen-bond acceptors (Lipinski definition) is 4. The lowest BCUT2D eigenvalue weighted by Gasteiger charge is -2.09. The van der Waals surface area contributed by atoms with Gasteiger partial charge >= 0.3 is 5.97 Å². The number of aromatic nitrogens is 2. The molecular weight excluding hydrogens is 200 g/mol. The monoisotopic (exact) mass is 212 g/mol. The molecule has 6 heteroatoms. The number of rotatable bonds is 4. The van der Waals surface area contributed by atoms with Crippen molar-refractivity contribution in [2.24, 2.45) is 0 Å². The van der Waals surface area contributed by atoms with Crippen LogP contribution >= 0.6 is 0 Å². The lowest BCUT2D eigenvalue weighted by molar-refractivity contribution is -0.137. The molecule has 1 fully saturated rings. The molecule has 1 aromatic heterocycles. The van der Waals surface area contributed by atoms with E-state index < -0.39 is 5.97 Å². The SMILES string of the molecule is O=C(O)Cn1cc(OC2CCCO2)cn1. The molecule has 0 aliphatic carbocycles. The highest BCUT2D eigenvalue weighted by atomic mass is 16.7. The summed E-state index contributed by atoms with van der Waals surface area (Å²) in [4.78, 5) is 10.4. The van der Waals surface area contributed by atoms with Crippen LogP contribution in [-0.2, 0) is 16.1 Å². The summed E-state index contributed by atoms with van der Waals surface area (Å²) in [6, 6.07) is 0. The number of carboxylic acids is 1. The Morgan fingerprint density at radius 2 is 2.67 bits per heavy atom. The zero-order valence-corrected chi connectivity index (χ0v) is 8.13. The standard InChI is InChI=1S/C9H12N2O4/c12-8(13)6-11-5-7(4-10-11)15-9-2-1-3-14-9/h4-5,9H,1-3,6H2,(H,12,13). The first-order valence-electron chi connectivity index (χ1n) is 4.76. The Hall–Kier alpha value is -1.56. The van der Waals surface area contributed by atoms with Crippen molar-refractivity contribution in [3.05, 3.63) is 12.4 Å². The molecule has 0 saturated carbocycles. The Balaban J connectivity index is 1.91. The average Bonchev–Trinajstić information content (AvgIpc) is 2.77. The first kappa shape index (κ1) is 9.97. The smallest absolute Gasteiger partial charge is 0.325 e. The summed E-state index contributed by atoms with van der Waals surface area (Å²) in [6.45, 7) is 0.558. The predicted octanol–water partition coefficient (Wildman–Crippen LogP) is 0.483. The molecule has 2 rings (SSSR count). The molecule has 1 N–H and O–H groups in total. The van der Waals surface area contributed by atoms with Gasteiger partial charge in [0.25, 0.3) is 0 Å². The Morgan fingerprint density at radius 1 is 1.80 bits per heavy atom. The number of carboxylic acid groups (broad SMARTS) is 1. The third-order valence-corrected chi connectivity index (χ3v) is 2.06. The van der Waals surface area contributed by atoms with Crippen LogP contribution in [0.5, 0.6) is 5.75 Å². The minimum absolute atomic E-state index is 0.158. The highest BCUT2D eigenvalue weighted by Gasteiger charge is 2.17. The highest BCUT2D eigenvalue weighted by molar-refractivity contribution is 5.66. The van der Waals surface area contributed by atoms with Crippen LogP contribution in [0, 0.1) is 0 Å². The van der Waals surface area contributed by atoms with Crippen LogP contribution in [0.4, 0.5) is 0 Å². The van der Waals surface area contributed by atoms with Gasteiger partial charge in [0.15, 0.2) is 12.0 Å². The van der Waals surface area contributed by atoms with Crippen molar-refractivity contribution >= 4 is 5.97 Å². The van der Waals surface area contributed by atoms with E-state index in [4.69, 9.17) is 14.6 Å². The Bertz CT molecular complexity index is 344. The van der Waals surface area contributed by atoms with E-state index in [0.717, 1.165) is 12.8 Å². The molecule has 0 spiro atoms. The van der Waals surface area contributed by atoms with Gasteiger partial charge in [0.05, 0.1) is 19.0 Å². The summed E-state index contributed by atoms with van der Waals surface area (Å²) in [7, 11) is 0. The molecule has 1 aromatic rings. The molecule has 1 aliphatic heterocycles. The van der Waals surface area contributed by atoms with Crippen LogP contribution in [0.2, 0.25) is 0 Å². The third-order valence-electron chi connectivity index (χ3n) is 2.06. The van der Waals surface area contributed by atoms with E-state index in [2.05, 4.69) is 5.10 Å². The largest absolute Gasteiger partial charge is 0.480 e. The minimum atomic E-state index is -0.929. The van der Waals surface area contributed by atoms with Crippen LogP contribution in [0.25, 0.3) is 0 Å². The maximum absolute atomic E-state index is 10.4. The molecule has 1 unspecified atom stereocenters. The molecule has 0 bridgehead atoms. The molecule has 2 heterocycles. The third kappa shape index (κ3) is 2.69. The zero-order chi connectivity index (χ0) is 10.7. The van der Waals surface area contributed by atoms with Gasteiger partial charge in [-0.05, 0) is 6.42 Å². The first-order valence-corrected chi connectivity index (χ1v) is 4.76. The Morgan fingerprint density at radius 3 is 3.33 bits per heavy atom. The Labute approximate surface area is 86.4 Å². The van der Waals surface area contributed by atoms with E-state index in [9.17, 15) is 4.79 Å². The molecule has 15 heavy (non-hydrogen) atoms. The van der Waals surface area contributed by atoms with Crippen LogP contribution in [0.3, 0.4) is 0 Å². The van der Waals surface area contributed by atoms with Gasteiger partial charge in [-0.2, -0.15) is 5.10 Å². The molecule has 1 atom stereocenters. The van der Waals surface area contributed by atoms with E-state index in [1.54, 1.807) is 6.20 Å². The molecule has 0 aromatic carbocycles. The number of hydrogen-bond donors (Lipinski definition) is 1. The fourth-order valence-corrected chi connectivity index (χ4v) is 1.42. The lowest BCUT2D eigenvalue weighted by atomic mass is 10.4. The fraction of sp³-hybridized carbons (Fsp3) is 0.556. The van der Waals surface area contributed by atoms with Crippen LogP contribution in [-0.4, -0.2) is 33.8 Å². The van der Waals surface area contributed by atoms with Gasteiger partial charge < -0.3 is 14.6 Å². The number of nitrogens with zero attached hydrogens (tertiary/aromatic N) is 2. The van der Waals surface area contributed by atoms with Crippen molar-refractivity contribution in [3.63, 3.8) is 0 Å². The quantitative estimate of drug-likeness (QED) is 0.785. The maximum Gasteiger partial charge on any atom is 0.325 e. The van der Waals surface area contributed by atoms with Crippen molar-refractivity contribution in [1.82, 2.24) is 9.78 Å². The van der Waals surface area contributed by atoms with Crippen molar-refractivity contribution in [2.75, 3.05) is 6.61 Å². The van der Waals surface area contributed by atoms with Crippen molar-refractivity contribution in [1.29, 1.82) is 0 Å². The summed E-state index contributed by atoms with van der Waals surface area (Å²) in [5.41, 5.74) is 0. The van der Waals surface area contributed by atoms with Gasteiger partial charge in [-0.15, -0.1) is 0 Å². The predicted molar refractivity (Wildman–Crippen MR) is 49.5 cm³/mol. The molecule has 0 amide bonds. The summed E-state index contributed by atoms with van der Waals surface area (Å²) in [5, 5.41) is 12.4. The number of carbonyl (C=O) groups is 1. The summed E-state index contributed by atoms with van der Waals surface area (Å²) >= 11 is 0. The van der Waals surface area contributed by atoms with E-state index in [0.29, 0.717) is 12.4 Å². The second-order valence-corrected chi connectivity index (χ2v) is 3.33. The molecule has 1 saturated heterocycles. The lowest BCUT2D eigenvalue weighted by Crippen LogP contribution is -2.13. The molecule has 82 valence electrons. The van der Waals surface area contributed by atoms with E-state index in [1.807, 2.05) is 0 Å². The van der Waals surface area contributed by atoms with Gasteiger partial charge in [0.2, 0.25) is 0 Å². The van der Waals surface area contributed by atoms with Crippen molar-refractivity contribution in [2.45, 2.75) is 25.7 Å². The van der Waals surface area contributed by atoms with E-state index >= 15 is 0 Å². The van der Waals surface area contributed by atoms with Gasteiger partial charge in [-0.1, -0.05) is 0 Å². The fourth-order valence-electron chi connectivity index (χ4n) is 1.42. The van der Waals surface area contributed by atoms with E-state index in [1.165, 1.54) is 10.9 Å². The second kappa shape index (κ2) is 4.31. The highest BCUT2D eigenvalue weighted by Crippen LogP contribution is 2.18. The normalized spacial score (nSPS) is 20.4. The maximum atomic E-state index is 10.4. The van der Waals surface area contributed by atoms with Crippen LogP contribution < -0.4 is 4.74 Å². The molecule has 6 nitrogen and oxygen atoms in total. The van der Waals surface area contributed by atoms with Gasteiger partial charge in [-0.3, -0.25) is 9.48 Å². The van der Waals surface area contributed by atoms with E-state index in [-0.39, 0.29) is 12.8 Å². The van der Waals surface area contributed by atoms with Gasteiger partial charge in [0.1, 0.15) is 6.54 Å². The molecule has 0 radical (unpaired) electrons. The molecular formula is C9H12N2O4. The zero-order valence-electron chi connectivity index (χ0n) is 8.13. The number of aliphatic carboxylic acids is 1. The minimum Gasteiger partial charge on any atom is -0.480 e.